The van der Waals surface area contributed by atoms with Crippen LogP contribution in [-0.2, 0) is 9.53 Å². The number of carbonyl (C=O) groups is 2. The number of ether oxygens (including phenoxy) is 1. The lowest BCUT2D eigenvalue weighted by Crippen LogP contribution is -2.16. The minimum Gasteiger partial charge on any atom is -0.481 e. The van der Waals surface area contributed by atoms with E-state index in [0.717, 1.165) is 64.2 Å². The Bertz CT molecular complexity index is 619. The molecule has 160 valence electrons. The van der Waals surface area contributed by atoms with Crippen LogP contribution in [0.1, 0.15) is 87.9 Å². The molecule has 0 saturated carbocycles. The average Bonchev–Trinajstić information content (AvgIpc) is 2.72. The molecule has 0 aliphatic carbocycles. The summed E-state index contributed by atoms with van der Waals surface area (Å²) < 4.78 is 5.68. The number of benzene rings is 1. The topological polar surface area (TPSA) is 63.6 Å². The summed E-state index contributed by atoms with van der Waals surface area (Å²) in [4.78, 5) is 22.7. The van der Waals surface area contributed by atoms with Crippen molar-refractivity contribution in [1.82, 2.24) is 0 Å². The molecule has 0 aliphatic heterocycles. The number of carboxylic acid groups (broad SMARTS) is 1. The Labute approximate surface area is 175 Å². The molecule has 0 saturated heterocycles. The van der Waals surface area contributed by atoms with Gasteiger partial charge in [0, 0.05) is 6.42 Å². The number of carbonyl (C=O) groups excluding carboxylic acids is 1. The van der Waals surface area contributed by atoms with E-state index in [9.17, 15) is 9.59 Å². The molecule has 0 aliphatic rings. The van der Waals surface area contributed by atoms with Gasteiger partial charge in [-0.05, 0) is 50.3 Å². The third-order valence-corrected chi connectivity index (χ3v) is 4.69. The van der Waals surface area contributed by atoms with E-state index in [1.165, 1.54) is 0 Å². The van der Waals surface area contributed by atoms with Gasteiger partial charge in [-0.1, -0.05) is 75.5 Å². The van der Waals surface area contributed by atoms with E-state index in [1.54, 1.807) is 12.1 Å². The Hall–Kier alpha value is -2.36. The molecule has 0 amide bonds. The number of carboxylic acids is 1. The average molecular weight is 401 g/mol. The van der Waals surface area contributed by atoms with Crippen LogP contribution in [0, 0.1) is 0 Å². The van der Waals surface area contributed by atoms with Crippen LogP contribution in [0.4, 0.5) is 0 Å². The van der Waals surface area contributed by atoms with Gasteiger partial charge in [0.05, 0.1) is 5.56 Å². The number of unbranched alkanes of at least 4 members (excludes halogenated alkanes) is 7. The lowest BCUT2D eigenvalue weighted by molar-refractivity contribution is -0.137. The standard InChI is InChI=1S/C25H36O4/c1-2-3-12-19-23(29-25(28)22-17-13-11-14-18-22)20-15-9-7-5-4-6-8-10-16-21-24(26)27/h7,9,11,13-15,17-18,20,23H,2-6,8,10,12,16,19,21H2,1H3,(H,26,27). The van der Waals surface area contributed by atoms with Crippen LogP contribution < -0.4 is 0 Å². The van der Waals surface area contributed by atoms with E-state index in [2.05, 4.69) is 13.0 Å². The Morgan fingerprint density at radius 3 is 2.41 bits per heavy atom. The first-order valence-corrected chi connectivity index (χ1v) is 10.9. The predicted octanol–water partition coefficient (Wildman–Crippen LogP) is 6.72. The van der Waals surface area contributed by atoms with E-state index in [-0.39, 0.29) is 18.5 Å². The van der Waals surface area contributed by atoms with E-state index < -0.39 is 5.97 Å². The highest BCUT2D eigenvalue weighted by Crippen LogP contribution is 2.12. The van der Waals surface area contributed by atoms with Crippen molar-refractivity contribution >= 4 is 11.9 Å². The Morgan fingerprint density at radius 2 is 1.69 bits per heavy atom. The zero-order chi connectivity index (χ0) is 21.2. The second-order valence-electron chi connectivity index (χ2n) is 7.32. The molecule has 1 N–H and O–H groups in total. The van der Waals surface area contributed by atoms with E-state index in [1.807, 2.05) is 36.4 Å². The summed E-state index contributed by atoms with van der Waals surface area (Å²) in [7, 11) is 0. The van der Waals surface area contributed by atoms with Gasteiger partial charge >= 0.3 is 11.9 Å². The van der Waals surface area contributed by atoms with Gasteiger partial charge in [-0.2, -0.15) is 0 Å². The first-order chi connectivity index (χ1) is 14.1. The van der Waals surface area contributed by atoms with Gasteiger partial charge in [-0.3, -0.25) is 4.79 Å². The largest absolute Gasteiger partial charge is 0.481 e. The fraction of sp³-hybridized carbons (Fsp3) is 0.520. The fourth-order valence-electron chi connectivity index (χ4n) is 3.00. The first kappa shape index (κ1) is 24.7. The van der Waals surface area contributed by atoms with Crippen LogP contribution in [-0.4, -0.2) is 23.1 Å². The van der Waals surface area contributed by atoms with Gasteiger partial charge in [0.2, 0.25) is 0 Å². The molecule has 1 aromatic carbocycles. The molecule has 0 heterocycles. The number of hydrogen-bond acceptors (Lipinski definition) is 3. The monoisotopic (exact) mass is 400 g/mol. The van der Waals surface area contributed by atoms with Crippen LogP contribution in [0.3, 0.4) is 0 Å². The minimum atomic E-state index is -0.706. The molecule has 1 atom stereocenters. The molecule has 0 bridgehead atoms. The molecular formula is C25H36O4. The van der Waals surface area contributed by atoms with Gasteiger partial charge < -0.3 is 9.84 Å². The second kappa shape index (κ2) is 16.6. The third-order valence-electron chi connectivity index (χ3n) is 4.69. The summed E-state index contributed by atoms with van der Waals surface area (Å²) >= 11 is 0. The normalized spacial score (nSPS) is 12.4. The highest BCUT2D eigenvalue weighted by Gasteiger charge is 2.12. The number of allylic oxidation sites excluding steroid dienone is 3. The van der Waals surface area contributed by atoms with Gasteiger partial charge in [0.15, 0.2) is 0 Å². The van der Waals surface area contributed by atoms with E-state index >= 15 is 0 Å². The summed E-state index contributed by atoms with van der Waals surface area (Å²) in [6.45, 7) is 2.16. The van der Waals surface area contributed by atoms with Crippen molar-refractivity contribution in [1.29, 1.82) is 0 Å². The molecular weight excluding hydrogens is 364 g/mol. The molecule has 0 radical (unpaired) electrons. The van der Waals surface area contributed by atoms with Crippen molar-refractivity contribution in [2.75, 3.05) is 0 Å². The molecule has 1 rings (SSSR count). The smallest absolute Gasteiger partial charge is 0.338 e. The molecule has 0 aromatic heterocycles. The second-order valence-corrected chi connectivity index (χ2v) is 7.32. The lowest BCUT2D eigenvalue weighted by atomic mass is 10.1. The highest BCUT2D eigenvalue weighted by molar-refractivity contribution is 5.89. The summed E-state index contributed by atoms with van der Waals surface area (Å²) in [5.41, 5.74) is 0.584. The Balaban J connectivity index is 2.32. The van der Waals surface area contributed by atoms with Gasteiger partial charge in [-0.15, -0.1) is 0 Å². The van der Waals surface area contributed by atoms with E-state index in [0.29, 0.717) is 5.56 Å². The number of esters is 1. The molecule has 0 fully saturated rings. The maximum atomic E-state index is 12.3. The van der Waals surface area contributed by atoms with Crippen molar-refractivity contribution in [3.8, 4) is 0 Å². The van der Waals surface area contributed by atoms with Crippen LogP contribution in [0.25, 0.3) is 0 Å². The van der Waals surface area contributed by atoms with Crippen molar-refractivity contribution in [3.63, 3.8) is 0 Å². The van der Waals surface area contributed by atoms with Crippen molar-refractivity contribution < 1.29 is 19.4 Å². The van der Waals surface area contributed by atoms with Crippen LogP contribution in [0.15, 0.2) is 54.6 Å². The maximum absolute atomic E-state index is 12.3. The molecule has 29 heavy (non-hydrogen) atoms. The zero-order valence-electron chi connectivity index (χ0n) is 17.7. The van der Waals surface area contributed by atoms with Gasteiger partial charge in [0.25, 0.3) is 0 Å². The van der Waals surface area contributed by atoms with Gasteiger partial charge in [0.1, 0.15) is 6.10 Å². The van der Waals surface area contributed by atoms with Crippen molar-refractivity contribution in [3.05, 3.63) is 60.2 Å². The van der Waals surface area contributed by atoms with Gasteiger partial charge in [-0.25, -0.2) is 4.79 Å². The molecule has 4 nitrogen and oxygen atoms in total. The van der Waals surface area contributed by atoms with Crippen molar-refractivity contribution in [2.45, 2.75) is 83.7 Å². The highest BCUT2D eigenvalue weighted by atomic mass is 16.5. The third kappa shape index (κ3) is 13.4. The fourth-order valence-corrected chi connectivity index (χ4v) is 3.00. The lowest BCUT2D eigenvalue weighted by Gasteiger charge is -2.14. The minimum absolute atomic E-state index is 0.201. The SMILES string of the molecule is CCCCCC(C=CC=CCCCCCCCC(=O)O)OC(=O)c1ccccc1. The Kier molecular flexibility index (Phi) is 14.1. The summed E-state index contributed by atoms with van der Waals surface area (Å²) in [5.74, 6) is -0.981. The maximum Gasteiger partial charge on any atom is 0.338 e. The molecule has 4 heteroatoms. The van der Waals surface area contributed by atoms with Crippen LogP contribution in [0.5, 0.6) is 0 Å². The quantitative estimate of drug-likeness (QED) is 0.190. The number of rotatable bonds is 16. The number of hydrogen-bond donors (Lipinski definition) is 1. The zero-order valence-corrected chi connectivity index (χ0v) is 17.7. The Morgan fingerprint density at radius 1 is 0.966 bits per heavy atom. The van der Waals surface area contributed by atoms with E-state index in [4.69, 9.17) is 9.84 Å². The molecule has 1 aromatic rings. The summed E-state index contributed by atoms with van der Waals surface area (Å²) in [6, 6.07) is 9.12. The van der Waals surface area contributed by atoms with Crippen LogP contribution in [0.2, 0.25) is 0 Å². The first-order valence-electron chi connectivity index (χ1n) is 10.9. The number of aliphatic carboxylic acids is 1. The predicted molar refractivity (Wildman–Crippen MR) is 118 cm³/mol. The molecule has 0 spiro atoms. The molecule has 1 unspecified atom stereocenters. The van der Waals surface area contributed by atoms with Crippen molar-refractivity contribution in [2.24, 2.45) is 0 Å². The summed E-state index contributed by atoms with van der Waals surface area (Å²) in [6.07, 6.45) is 18.4. The summed E-state index contributed by atoms with van der Waals surface area (Å²) in [5, 5.41) is 8.60. The van der Waals surface area contributed by atoms with Crippen LogP contribution >= 0.6 is 0 Å².